The number of aromatic nitrogens is 3. The van der Waals surface area contributed by atoms with Crippen molar-refractivity contribution in [1.29, 1.82) is 0 Å². The van der Waals surface area contributed by atoms with Gasteiger partial charge in [-0.25, -0.2) is 4.39 Å². The fourth-order valence-electron chi connectivity index (χ4n) is 2.08. The zero-order valence-corrected chi connectivity index (χ0v) is 13.4. The third-order valence-corrected chi connectivity index (χ3v) is 4.54. The van der Waals surface area contributed by atoms with Crippen LogP contribution in [-0.4, -0.2) is 14.8 Å². The SMILES string of the molecule is Cn1c(SCc2ccccc2F)nnc1-c1cccc(Cl)c1. The largest absolute Gasteiger partial charge is 0.305 e. The standard InChI is InChI=1S/C16H13ClFN3S/c1-21-15(11-6-4-7-13(17)9-11)19-20-16(21)22-10-12-5-2-3-8-14(12)18/h2-9H,10H2,1H3. The Morgan fingerprint density at radius 2 is 1.95 bits per heavy atom. The van der Waals surface area contributed by atoms with Crippen LogP contribution in [0.25, 0.3) is 11.4 Å². The first kappa shape index (κ1) is 15.1. The molecule has 0 N–H and O–H groups in total. The molecule has 3 rings (SSSR count). The van der Waals surface area contributed by atoms with E-state index in [0.29, 0.717) is 16.3 Å². The molecule has 0 spiro atoms. The molecule has 0 atom stereocenters. The van der Waals surface area contributed by atoms with Gasteiger partial charge < -0.3 is 4.57 Å². The van der Waals surface area contributed by atoms with Gasteiger partial charge in [0.25, 0.3) is 0 Å². The van der Waals surface area contributed by atoms with Crippen molar-refractivity contribution in [2.24, 2.45) is 7.05 Å². The summed E-state index contributed by atoms with van der Waals surface area (Å²) in [6, 6.07) is 14.2. The van der Waals surface area contributed by atoms with Gasteiger partial charge in [-0.15, -0.1) is 10.2 Å². The van der Waals surface area contributed by atoms with E-state index in [-0.39, 0.29) is 5.82 Å². The van der Waals surface area contributed by atoms with Crippen molar-refractivity contribution >= 4 is 23.4 Å². The third-order valence-electron chi connectivity index (χ3n) is 3.23. The molecule has 0 unspecified atom stereocenters. The van der Waals surface area contributed by atoms with Gasteiger partial charge in [-0.05, 0) is 23.8 Å². The highest BCUT2D eigenvalue weighted by atomic mass is 35.5. The van der Waals surface area contributed by atoms with Gasteiger partial charge in [-0.3, -0.25) is 0 Å². The second-order valence-electron chi connectivity index (χ2n) is 4.76. The predicted molar refractivity (Wildman–Crippen MR) is 87.4 cm³/mol. The van der Waals surface area contributed by atoms with Gasteiger partial charge in [-0.1, -0.05) is 53.7 Å². The average molecular weight is 334 g/mol. The van der Waals surface area contributed by atoms with E-state index in [1.54, 1.807) is 12.1 Å². The van der Waals surface area contributed by atoms with Gasteiger partial charge >= 0.3 is 0 Å². The maximum absolute atomic E-state index is 13.6. The van der Waals surface area contributed by atoms with E-state index in [0.717, 1.165) is 16.5 Å². The van der Waals surface area contributed by atoms with Crippen LogP contribution >= 0.6 is 23.4 Å². The molecule has 22 heavy (non-hydrogen) atoms. The van der Waals surface area contributed by atoms with Crippen LogP contribution in [0.5, 0.6) is 0 Å². The molecule has 3 nitrogen and oxygen atoms in total. The molecule has 0 saturated carbocycles. The van der Waals surface area contributed by atoms with Crippen molar-refractivity contribution in [2.45, 2.75) is 10.9 Å². The molecule has 0 aliphatic rings. The van der Waals surface area contributed by atoms with Crippen LogP contribution in [0.1, 0.15) is 5.56 Å². The molecular weight excluding hydrogens is 321 g/mol. The summed E-state index contributed by atoms with van der Waals surface area (Å²) >= 11 is 7.46. The summed E-state index contributed by atoms with van der Waals surface area (Å²) < 4.78 is 15.5. The molecule has 1 aromatic heterocycles. The molecule has 0 radical (unpaired) electrons. The third kappa shape index (κ3) is 3.15. The highest BCUT2D eigenvalue weighted by Crippen LogP contribution is 2.27. The van der Waals surface area contributed by atoms with Gasteiger partial charge in [0.15, 0.2) is 11.0 Å². The molecule has 6 heteroatoms. The number of nitrogens with zero attached hydrogens (tertiary/aromatic N) is 3. The minimum atomic E-state index is -0.202. The van der Waals surface area contributed by atoms with Crippen LogP contribution in [0.3, 0.4) is 0 Å². The molecule has 0 saturated heterocycles. The first-order chi connectivity index (χ1) is 10.6. The predicted octanol–water partition coefficient (Wildman–Crippen LogP) is 4.57. The molecule has 0 bridgehead atoms. The van der Waals surface area contributed by atoms with Crippen molar-refractivity contribution in [3.8, 4) is 11.4 Å². The lowest BCUT2D eigenvalue weighted by molar-refractivity contribution is 0.617. The number of hydrogen-bond donors (Lipinski definition) is 0. The number of halogens is 2. The topological polar surface area (TPSA) is 30.7 Å². The van der Waals surface area contributed by atoms with Gasteiger partial charge in [-0.2, -0.15) is 0 Å². The minimum Gasteiger partial charge on any atom is -0.305 e. The summed E-state index contributed by atoms with van der Waals surface area (Å²) in [6.45, 7) is 0. The number of rotatable bonds is 4. The van der Waals surface area contributed by atoms with Gasteiger partial charge in [0, 0.05) is 23.4 Å². The lowest BCUT2D eigenvalue weighted by atomic mass is 10.2. The zero-order chi connectivity index (χ0) is 15.5. The Morgan fingerprint density at radius 1 is 1.14 bits per heavy atom. The van der Waals surface area contributed by atoms with Crippen molar-refractivity contribution in [1.82, 2.24) is 14.8 Å². The lowest BCUT2D eigenvalue weighted by Gasteiger charge is -2.05. The smallest absolute Gasteiger partial charge is 0.191 e. The highest BCUT2D eigenvalue weighted by molar-refractivity contribution is 7.98. The summed E-state index contributed by atoms with van der Waals surface area (Å²) in [4.78, 5) is 0. The summed E-state index contributed by atoms with van der Waals surface area (Å²) in [7, 11) is 1.89. The Bertz CT molecular complexity index is 804. The van der Waals surface area contributed by atoms with Crippen molar-refractivity contribution in [2.75, 3.05) is 0 Å². The quantitative estimate of drug-likeness (QED) is 0.655. The van der Waals surface area contributed by atoms with Crippen LogP contribution in [-0.2, 0) is 12.8 Å². The molecule has 0 amide bonds. The lowest BCUT2D eigenvalue weighted by Crippen LogP contribution is -1.95. The molecule has 112 valence electrons. The fraction of sp³-hybridized carbons (Fsp3) is 0.125. The van der Waals surface area contributed by atoms with E-state index in [2.05, 4.69) is 10.2 Å². The van der Waals surface area contributed by atoms with E-state index >= 15 is 0 Å². The van der Waals surface area contributed by atoms with Gasteiger partial charge in [0.1, 0.15) is 5.82 Å². The number of hydrogen-bond acceptors (Lipinski definition) is 3. The molecule has 0 aliphatic carbocycles. The van der Waals surface area contributed by atoms with Crippen molar-refractivity contribution in [3.05, 3.63) is 64.9 Å². The Labute approximate surface area is 137 Å². The van der Waals surface area contributed by atoms with E-state index in [9.17, 15) is 4.39 Å². The summed E-state index contributed by atoms with van der Waals surface area (Å²) in [6.07, 6.45) is 0. The second-order valence-corrected chi connectivity index (χ2v) is 6.13. The first-order valence-electron chi connectivity index (χ1n) is 6.66. The van der Waals surface area contributed by atoms with Crippen molar-refractivity contribution in [3.63, 3.8) is 0 Å². The second kappa shape index (κ2) is 6.50. The Kier molecular flexibility index (Phi) is 4.45. The maximum Gasteiger partial charge on any atom is 0.191 e. The molecule has 0 fully saturated rings. The summed E-state index contributed by atoms with van der Waals surface area (Å²) in [5.41, 5.74) is 1.56. The van der Waals surface area contributed by atoms with Gasteiger partial charge in [0.05, 0.1) is 0 Å². The monoisotopic (exact) mass is 333 g/mol. The molecule has 3 aromatic rings. The summed E-state index contributed by atoms with van der Waals surface area (Å²) in [5.74, 6) is 1.04. The summed E-state index contributed by atoms with van der Waals surface area (Å²) in [5, 5.41) is 9.77. The Balaban J connectivity index is 1.81. The Hall–Kier alpha value is -1.85. The number of benzene rings is 2. The molecule has 1 heterocycles. The van der Waals surface area contributed by atoms with Crippen LogP contribution < -0.4 is 0 Å². The van der Waals surface area contributed by atoms with E-state index in [4.69, 9.17) is 11.6 Å². The van der Waals surface area contributed by atoms with Crippen LogP contribution in [0.4, 0.5) is 4.39 Å². The normalized spacial score (nSPS) is 10.9. The Morgan fingerprint density at radius 3 is 2.73 bits per heavy atom. The van der Waals surface area contributed by atoms with Crippen molar-refractivity contribution < 1.29 is 4.39 Å². The fourth-order valence-corrected chi connectivity index (χ4v) is 3.16. The maximum atomic E-state index is 13.6. The van der Waals surface area contributed by atoms with Crippen LogP contribution in [0.15, 0.2) is 53.7 Å². The zero-order valence-electron chi connectivity index (χ0n) is 11.8. The van der Waals surface area contributed by atoms with E-state index in [1.165, 1.54) is 17.8 Å². The highest BCUT2D eigenvalue weighted by Gasteiger charge is 2.12. The first-order valence-corrected chi connectivity index (χ1v) is 8.03. The van der Waals surface area contributed by atoms with Gasteiger partial charge in [0.2, 0.25) is 0 Å². The molecular formula is C16H13ClFN3S. The number of thioether (sulfide) groups is 1. The van der Waals surface area contributed by atoms with E-state index < -0.39 is 0 Å². The van der Waals surface area contributed by atoms with Crippen LogP contribution in [0.2, 0.25) is 5.02 Å². The molecule has 2 aromatic carbocycles. The van der Waals surface area contributed by atoms with Crippen LogP contribution in [0, 0.1) is 5.82 Å². The average Bonchev–Trinajstić information content (AvgIpc) is 2.87. The molecule has 0 aliphatic heterocycles. The van der Waals surface area contributed by atoms with E-state index in [1.807, 2.05) is 41.9 Å². The minimum absolute atomic E-state index is 0.202.